The minimum absolute atomic E-state index is 0.125. The van der Waals surface area contributed by atoms with Crippen LogP contribution in [0.1, 0.15) is 19.8 Å². The molecule has 14 heavy (non-hydrogen) atoms. The van der Waals surface area contributed by atoms with E-state index in [2.05, 4.69) is 9.47 Å². The van der Waals surface area contributed by atoms with Crippen molar-refractivity contribution in [3.8, 4) is 0 Å². The van der Waals surface area contributed by atoms with Gasteiger partial charge in [0.2, 0.25) is 5.78 Å². The Morgan fingerprint density at radius 1 is 1.14 bits per heavy atom. The summed E-state index contributed by atoms with van der Waals surface area (Å²) in [6, 6.07) is 0. The third-order valence-corrected chi connectivity index (χ3v) is 1.84. The molecule has 80 valence electrons. The van der Waals surface area contributed by atoms with Crippen LogP contribution >= 0.6 is 0 Å². The molecule has 0 aromatic carbocycles. The number of hydrogen-bond acceptors (Lipinski definition) is 5. The number of carbonyl (C=O) groups is 3. The highest BCUT2D eigenvalue weighted by Gasteiger charge is 2.22. The average Bonchev–Trinajstić information content (AvgIpc) is 2.22. The van der Waals surface area contributed by atoms with Gasteiger partial charge < -0.3 is 9.47 Å². The molecule has 0 aromatic rings. The van der Waals surface area contributed by atoms with E-state index in [0.29, 0.717) is 6.42 Å². The van der Waals surface area contributed by atoms with Crippen LogP contribution in [0.5, 0.6) is 0 Å². The second kappa shape index (κ2) is 6.12. The molecule has 0 aliphatic carbocycles. The normalized spacial score (nSPS) is 11.6. The molecule has 0 saturated carbocycles. The van der Waals surface area contributed by atoms with Crippen molar-refractivity contribution in [3.05, 3.63) is 0 Å². The maximum atomic E-state index is 11.1. The first-order chi connectivity index (χ1) is 6.52. The first-order valence-electron chi connectivity index (χ1n) is 4.21. The summed E-state index contributed by atoms with van der Waals surface area (Å²) in [5, 5.41) is 0. The molecule has 0 rings (SSSR count). The van der Waals surface area contributed by atoms with E-state index in [1.165, 1.54) is 7.11 Å². The topological polar surface area (TPSA) is 69.7 Å². The third-order valence-electron chi connectivity index (χ3n) is 1.84. The first-order valence-corrected chi connectivity index (χ1v) is 4.21. The zero-order chi connectivity index (χ0) is 11.1. The van der Waals surface area contributed by atoms with E-state index in [9.17, 15) is 14.4 Å². The minimum atomic E-state index is -0.873. The molecule has 0 heterocycles. The number of carbonyl (C=O) groups excluding carboxylic acids is 3. The van der Waals surface area contributed by atoms with E-state index in [4.69, 9.17) is 0 Å². The molecule has 0 fully saturated rings. The highest BCUT2D eigenvalue weighted by Crippen LogP contribution is 2.08. The molecule has 5 heteroatoms. The Kier molecular flexibility index (Phi) is 5.52. The van der Waals surface area contributed by atoms with Gasteiger partial charge in [0.1, 0.15) is 0 Å². The van der Waals surface area contributed by atoms with E-state index in [1.54, 1.807) is 6.92 Å². The fourth-order valence-electron chi connectivity index (χ4n) is 0.869. The molecule has 1 atom stereocenters. The SMILES string of the molecule is COC(=O)CC[C@H](C)C(=O)C(=O)OC. The van der Waals surface area contributed by atoms with Gasteiger partial charge in [-0.15, -0.1) is 0 Å². The van der Waals surface area contributed by atoms with E-state index in [-0.39, 0.29) is 6.42 Å². The van der Waals surface area contributed by atoms with Crippen LogP contribution in [0.4, 0.5) is 0 Å². The Morgan fingerprint density at radius 2 is 1.71 bits per heavy atom. The van der Waals surface area contributed by atoms with Crippen molar-refractivity contribution in [1.29, 1.82) is 0 Å². The van der Waals surface area contributed by atoms with Gasteiger partial charge in [-0.2, -0.15) is 0 Å². The number of Topliss-reactive ketones (excluding diaryl/α,β-unsaturated/α-hetero) is 1. The molecule has 0 saturated heterocycles. The van der Waals surface area contributed by atoms with Gasteiger partial charge in [0.25, 0.3) is 0 Å². The van der Waals surface area contributed by atoms with Crippen LogP contribution in [0.25, 0.3) is 0 Å². The van der Waals surface area contributed by atoms with Gasteiger partial charge in [0.05, 0.1) is 14.2 Å². The summed E-state index contributed by atoms with van der Waals surface area (Å²) in [7, 11) is 2.42. The van der Waals surface area contributed by atoms with E-state index < -0.39 is 23.6 Å². The Hall–Kier alpha value is -1.39. The molecule has 0 N–H and O–H groups in total. The number of methoxy groups -OCH3 is 2. The summed E-state index contributed by atoms with van der Waals surface area (Å²) in [6.07, 6.45) is 0.418. The smallest absolute Gasteiger partial charge is 0.374 e. The summed E-state index contributed by atoms with van der Waals surface area (Å²) < 4.78 is 8.66. The van der Waals surface area contributed by atoms with Crippen molar-refractivity contribution in [2.75, 3.05) is 14.2 Å². The Bertz CT molecular complexity index is 233. The molecule has 0 spiro atoms. The summed E-state index contributed by atoms with van der Waals surface area (Å²) in [5.41, 5.74) is 0. The van der Waals surface area contributed by atoms with Gasteiger partial charge >= 0.3 is 11.9 Å². The van der Waals surface area contributed by atoms with Crippen molar-refractivity contribution >= 4 is 17.7 Å². The van der Waals surface area contributed by atoms with E-state index in [0.717, 1.165) is 7.11 Å². The van der Waals surface area contributed by atoms with Crippen LogP contribution in [0, 0.1) is 5.92 Å². The zero-order valence-corrected chi connectivity index (χ0v) is 8.53. The second-order valence-corrected chi connectivity index (χ2v) is 2.87. The predicted molar refractivity (Wildman–Crippen MR) is 47.4 cm³/mol. The molecule has 0 aliphatic rings. The van der Waals surface area contributed by atoms with Gasteiger partial charge in [-0.25, -0.2) is 4.79 Å². The number of ether oxygens (including phenoxy) is 2. The summed E-state index contributed by atoms with van der Waals surface area (Å²) in [4.78, 5) is 32.7. The standard InChI is InChI=1S/C9H14O5/c1-6(4-5-7(10)13-2)8(11)9(12)14-3/h6H,4-5H2,1-3H3/t6-/m0/s1. The number of rotatable bonds is 5. The highest BCUT2D eigenvalue weighted by molar-refractivity contribution is 6.34. The lowest BCUT2D eigenvalue weighted by Gasteiger charge is -2.06. The van der Waals surface area contributed by atoms with Crippen LogP contribution in [-0.4, -0.2) is 31.9 Å². The molecule has 0 bridgehead atoms. The quantitative estimate of drug-likeness (QED) is 0.474. The Balaban J connectivity index is 3.96. The Morgan fingerprint density at radius 3 is 2.14 bits per heavy atom. The number of hydrogen-bond donors (Lipinski definition) is 0. The van der Waals surface area contributed by atoms with Crippen LogP contribution in [0.15, 0.2) is 0 Å². The number of esters is 2. The molecule has 0 amide bonds. The van der Waals surface area contributed by atoms with E-state index >= 15 is 0 Å². The lowest BCUT2D eigenvalue weighted by atomic mass is 10.0. The average molecular weight is 202 g/mol. The molecule has 0 aromatic heterocycles. The van der Waals surface area contributed by atoms with E-state index in [1.807, 2.05) is 0 Å². The first kappa shape index (κ1) is 12.6. The molecule has 0 unspecified atom stereocenters. The maximum Gasteiger partial charge on any atom is 0.374 e. The molecule has 5 nitrogen and oxygen atoms in total. The van der Waals surface area contributed by atoms with Crippen LogP contribution in [-0.2, 0) is 23.9 Å². The Labute approximate surface area is 82.4 Å². The summed E-state index contributed by atoms with van der Waals surface area (Å²) in [6.45, 7) is 1.57. The third kappa shape index (κ3) is 4.02. The van der Waals surface area contributed by atoms with Crippen molar-refractivity contribution in [2.24, 2.45) is 5.92 Å². The fraction of sp³-hybridized carbons (Fsp3) is 0.667. The van der Waals surface area contributed by atoms with Gasteiger partial charge in [0, 0.05) is 12.3 Å². The molecular formula is C9H14O5. The van der Waals surface area contributed by atoms with Gasteiger partial charge in [-0.05, 0) is 6.42 Å². The maximum absolute atomic E-state index is 11.1. The second-order valence-electron chi connectivity index (χ2n) is 2.87. The van der Waals surface area contributed by atoms with Gasteiger partial charge in [0.15, 0.2) is 0 Å². The fourth-order valence-corrected chi connectivity index (χ4v) is 0.869. The summed E-state index contributed by atoms with van der Waals surface area (Å²) in [5.74, 6) is -2.39. The van der Waals surface area contributed by atoms with Crippen LogP contribution < -0.4 is 0 Å². The van der Waals surface area contributed by atoms with Crippen molar-refractivity contribution < 1.29 is 23.9 Å². The predicted octanol–water partition coefficient (Wildman–Crippen LogP) is 0.318. The highest BCUT2D eigenvalue weighted by atomic mass is 16.5. The van der Waals surface area contributed by atoms with Crippen molar-refractivity contribution in [1.82, 2.24) is 0 Å². The molecular weight excluding hydrogens is 188 g/mol. The lowest BCUT2D eigenvalue weighted by Crippen LogP contribution is -2.23. The van der Waals surface area contributed by atoms with Crippen molar-refractivity contribution in [3.63, 3.8) is 0 Å². The number of ketones is 1. The summed E-state index contributed by atoms with van der Waals surface area (Å²) >= 11 is 0. The zero-order valence-electron chi connectivity index (χ0n) is 8.53. The molecule has 0 radical (unpaired) electrons. The van der Waals surface area contributed by atoms with Crippen molar-refractivity contribution in [2.45, 2.75) is 19.8 Å². The van der Waals surface area contributed by atoms with Gasteiger partial charge in [-0.1, -0.05) is 6.92 Å². The monoisotopic (exact) mass is 202 g/mol. The van der Waals surface area contributed by atoms with Crippen LogP contribution in [0.3, 0.4) is 0 Å². The van der Waals surface area contributed by atoms with Crippen LogP contribution in [0.2, 0.25) is 0 Å². The van der Waals surface area contributed by atoms with Gasteiger partial charge in [-0.3, -0.25) is 9.59 Å². The minimum Gasteiger partial charge on any atom is -0.469 e. The lowest BCUT2D eigenvalue weighted by molar-refractivity contribution is -0.153. The largest absolute Gasteiger partial charge is 0.469 e. The molecule has 0 aliphatic heterocycles.